The minimum Gasteiger partial charge on any atom is -0.312 e. The third kappa shape index (κ3) is 4.78. The second-order valence-electron chi connectivity index (χ2n) is 7.99. The van der Waals surface area contributed by atoms with Crippen LogP contribution in [0.4, 0.5) is 5.69 Å². The van der Waals surface area contributed by atoms with Crippen LogP contribution in [-0.4, -0.2) is 24.6 Å². The first-order valence-corrected chi connectivity index (χ1v) is 9.61. The number of rotatable bonds is 4. The fourth-order valence-electron chi connectivity index (χ4n) is 3.08. The maximum atomic E-state index is 12.4. The van der Waals surface area contributed by atoms with Crippen LogP contribution in [0.25, 0.3) is 0 Å². The van der Waals surface area contributed by atoms with Crippen LogP contribution < -0.4 is 10.3 Å². The monoisotopic (exact) mass is 397 g/mol. The normalized spacial score (nSPS) is 17.4. The summed E-state index contributed by atoms with van der Waals surface area (Å²) in [5.74, 6) is -0.764. The lowest BCUT2D eigenvalue weighted by Crippen LogP contribution is -2.30. The zero-order valence-corrected chi connectivity index (χ0v) is 17.0. The van der Waals surface area contributed by atoms with Crippen LogP contribution in [0.2, 0.25) is 5.02 Å². The highest BCUT2D eigenvalue weighted by molar-refractivity contribution is 6.30. The highest BCUT2D eigenvalue weighted by Crippen LogP contribution is 2.26. The summed E-state index contributed by atoms with van der Waals surface area (Å²) in [5, 5.41) is 4.65. The van der Waals surface area contributed by atoms with Crippen LogP contribution in [0.3, 0.4) is 0 Å². The molecule has 2 aromatic carbocycles. The van der Waals surface area contributed by atoms with E-state index in [9.17, 15) is 9.59 Å². The van der Waals surface area contributed by atoms with Gasteiger partial charge in [0.05, 0.1) is 12.1 Å². The van der Waals surface area contributed by atoms with Gasteiger partial charge >= 0.3 is 0 Å². The van der Waals surface area contributed by atoms with Crippen LogP contribution >= 0.6 is 11.6 Å². The van der Waals surface area contributed by atoms with Crippen molar-refractivity contribution in [2.24, 2.45) is 11.0 Å². The molecule has 1 saturated heterocycles. The fraction of sp³-hybridized carbons (Fsp3) is 0.318. The van der Waals surface area contributed by atoms with E-state index in [4.69, 9.17) is 11.6 Å². The summed E-state index contributed by atoms with van der Waals surface area (Å²) >= 11 is 5.89. The number of amides is 2. The minimum absolute atomic E-state index is 0.0794. The van der Waals surface area contributed by atoms with Gasteiger partial charge in [-0.25, -0.2) is 5.43 Å². The van der Waals surface area contributed by atoms with Crippen molar-refractivity contribution >= 4 is 35.3 Å². The van der Waals surface area contributed by atoms with Crippen molar-refractivity contribution in [3.05, 3.63) is 64.7 Å². The molecule has 1 heterocycles. The second-order valence-corrected chi connectivity index (χ2v) is 8.42. The molecule has 2 amide bonds. The third-order valence-corrected chi connectivity index (χ3v) is 5.05. The zero-order valence-electron chi connectivity index (χ0n) is 16.3. The first-order chi connectivity index (χ1) is 13.2. The molecule has 28 heavy (non-hydrogen) atoms. The summed E-state index contributed by atoms with van der Waals surface area (Å²) in [6, 6.07) is 15.1. The van der Waals surface area contributed by atoms with Crippen LogP contribution in [0, 0.1) is 5.92 Å². The van der Waals surface area contributed by atoms with Crippen molar-refractivity contribution < 1.29 is 9.59 Å². The molecule has 0 aromatic heterocycles. The maximum Gasteiger partial charge on any atom is 0.245 e. The Bertz CT molecular complexity index is 883. The Labute approximate surface area is 170 Å². The summed E-state index contributed by atoms with van der Waals surface area (Å²) in [6.07, 6.45) is 1.78. The quantitative estimate of drug-likeness (QED) is 0.622. The number of nitrogens with one attached hydrogen (secondary N) is 1. The molecule has 5 nitrogen and oxygen atoms in total. The number of hydrogen-bond acceptors (Lipinski definition) is 3. The Morgan fingerprint density at radius 2 is 1.79 bits per heavy atom. The van der Waals surface area contributed by atoms with E-state index in [0.29, 0.717) is 11.6 Å². The molecular weight excluding hydrogens is 374 g/mol. The summed E-state index contributed by atoms with van der Waals surface area (Å²) in [5.41, 5.74) is 5.52. The molecule has 3 rings (SSSR count). The average molecular weight is 398 g/mol. The van der Waals surface area contributed by atoms with Crippen molar-refractivity contribution in [2.45, 2.75) is 32.6 Å². The topological polar surface area (TPSA) is 61.8 Å². The van der Waals surface area contributed by atoms with Crippen molar-refractivity contribution in [1.29, 1.82) is 0 Å². The number of hydrazone groups is 1. The summed E-state index contributed by atoms with van der Waals surface area (Å²) in [6.45, 7) is 6.81. The molecule has 0 radical (unpaired) electrons. The van der Waals surface area contributed by atoms with Gasteiger partial charge in [0.2, 0.25) is 11.8 Å². The van der Waals surface area contributed by atoms with Gasteiger partial charge in [-0.1, -0.05) is 56.6 Å². The Kier molecular flexibility index (Phi) is 5.84. The van der Waals surface area contributed by atoms with Gasteiger partial charge in [-0.05, 0) is 40.8 Å². The van der Waals surface area contributed by atoms with Gasteiger partial charge in [0, 0.05) is 23.7 Å². The van der Waals surface area contributed by atoms with Crippen molar-refractivity contribution in [2.75, 3.05) is 11.4 Å². The highest BCUT2D eigenvalue weighted by atomic mass is 35.5. The molecule has 6 heteroatoms. The first-order valence-electron chi connectivity index (χ1n) is 9.23. The van der Waals surface area contributed by atoms with E-state index in [1.165, 1.54) is 5.56 Å². The second kappa shape index (κ2) is 8.15. The van der Waals surface area contributed by atoms with E-state index in [1.807, 2.05) is 12.1 Å². The molecule has 1 fully saturated rings. The molecule has 0 bridgehead atoms. The summed E-state index contributed by atoms with van der Waals surface area (Å²) in [4.78, 5) is 26.2. The van der Waals surface area contributed by atoms with Crippen LogP contribution in [0.15, 0.2) is 53.6 Å². The third-order valence-electron chi connectivity index (χ3n) is 4.80. The van der Waals surface area contributed by atoms with E-state index in [-0.39, 0.29) is 23.7 Å². The smallest absolute Gasteiger partial charge is 0.245 e. The predicted molar refractivity (Wildman–Crippen MR) is 113 cm³/mol. The van der Waals surface area contributed by atoms with Gasteiger partial charge in [0.25, 0.3) is 0 Å². The first kappa shape index (κ1) is 20.1. The fourth-order valence-corrected chi connectivity index (χ4v) is 3.21. The number of halogens is 1. The number of carbonyl (C=O) groups excluding carboxylic acids is 2. The van der Waals surface area contributed by atoms with Gasteiger partial charge in [-0.2, -0.15) is 5.10 Å². The van der Waals surface area contributed by atoms with Gasteiger partial charge in [-0.15, -0.1) is 0 Å². The Morgan fingerprint density at radius 3 is 2.39 bits per heavy atom. The lowest BCUT2D eigenvalue weighted by atomic mass is 9.87. The molecule has 2 aromatic rings. The lowest BCUT2D eigenvalue weighted by Gasteiger charge is -2.18. The number of hydrogen-bond donors (Lipinski definition) is 1. The van der Waals surface area contributed by atoms with E-state index in [2.05, 4.69) is 43.4 Å². The molecule has 0 spiro atoms. The number of carbonyl (C=O) groups is 2. The molecule has 0 saturated carbocycles. The van der Waals surface area contributed by atoms with Crippen molar-refractivity contribution in [3.8, 4) is 0 Å². The van der Waals surface area contributed by atoms with Crippen LogP contribution in [0.5, 0.6) is 0 Å². The zero-order chi connectivity index (χ0) is 20.3. The van der Waals surface area contributed by atoms with E-state index < -0.39 is 5.92 Å². The Morgan fingerprint density at radius 1 is 1.14 bits per heavy atom. The lowest BCUT2D eigenvalue weighted by molar-refractivity contribution is -0.126. The van der Waals surface area contributed by atoms with Crippen LogP contribution in [0.1, 0.15) is 38.3 Å². The van der Waals surface area contributed by atoms with E-state index in [0.717, 1.165) is 11.3 Å². The van der Waals surface area contributed by atoms with Gasteiger partial charge in [0.1, 0.15) is 0 Å². The molecule has 1 N–H and O–H groups in total. The maximum absolute atomic E-state index is 12.4. The molecule has 0 aliphatic carbocycles. The van der Waals surface area contributed by atoms with E-state index >= 15 is 0 Å². The summed E-state index contributed by atoms with van der Waals surface area (Å²) in [7, 11) is 0. The van der Waals surface area contributed by atoms with E-state index in [1.54, 1.807) is 35.4 Å². The molecule has 1 aliphatic rings. The molecule has 1 atom stereocenters. The average Bonchev–Trinajstić information content (AvgIpc) is 3.04. The number of benzene rings is 2. The molecular formula is C22H24ClN3O2. The number of nitrogens with zero attached hydrogens (tertiary/aromatic N) is 2. The SMILES string of the molecule is CC(C)(C)c1ccc(/C=N\NC(=O)[C@H]2CC(=O)N(c3ccc(Cl)cc3)C2)cc1. The summed E-state index contributed by atoms with van der Waals surface area (Å²) < 4.78 is 0. The highest BCUT2D eigenvalue weighted by Gasteiger charge is 2.35. The Balaban J connectivity index is 1.57. The minimum atomic E-state index is -0.427. The Hall–Kier alpha value is -2.66. The van der Waals surface area contributed by atoms with Crippen LogP contribution in [-0.2, 0) is 15.0 Å². The van der Waals surface area contributed by atoms with Gasteiger partial charge in [0.15, 0.2) is 0 Å². The van der Waals surface area contributed by atoms with Gasteiger partial charge < -0.3 is 4.90 Å². The molecule has 0 unspecified atom stereocenters. The van der Waals surface area contributed by atoms with Crippen molar-refractivity contribution in [3.63, 3.8) is 0 Å². The van der Waals surface area contributed by atoms with Gasteiger partial charge in [-0.3, -0.25) is 9.59 Å². The largest absolute Gasteiger partial charge is 0.312 e. The molecule has 1 aliphatic heterocycles. The predicted octanol–water partition coefficient (Wildman–Crippen LogP) is 4.14. The van der Waals surface area contributed by atoms with Crippen molar-refractivity contribution in [1.82, 2.24) is 5.43 Å². The number of anilines is 1. The standard InChI is InChI=1S/C22H24ClN3O2/c1-22(2,3)17-6-4-15(5-7-17)13-24-25-21(28)16-12-20(27)26(14-16)19-10-8-18(23)9-11-19/h4-11,13,16H,12,14H2,1-3H3,(H,25,28)/b24-13-/t16-/m0/s1. The molecule has 146 valence electrons.